The lowest BCUT2D eigenvalue weighted by molar-refractivity contribution is 0.281. The van der Waals surface area contributed by atoms with Gasteiger partial charge in [-0.25, -0.2) is 13.8 Å². The summed E-state index contributed by atoms with van der Waals surface area (Å²) in [6.07, 6.45) is 1.52. The largest absolute Gasteiger partial charge is 0.394 e. The van der Waals surface area contributed by atoms with Crippen molar-refractivity contribution >= 4 is 17.5 Å². The molecule has 0 aliphatic heterocycles. The monoisotopic (exact) mass is 280 g/mol. The number of benzene rings is 1. The van der Waals surface area contributed by atoms with Crippen molar-refractivity contribution in [1.29, 1.82) is 0 Å². The normalized spacial score (nSPS) is 12.0. The zero-order valence-electron chi connectivity index (χ0n) is 10.8. The number of hydrogen-bond donors (Lipinski definition) is 3. The molecule has 0 bridgehead atoms. The summed E-state index contributed by atoms with van der Waals surface area (Å²) in [5, 5.41) is 14.7. The number of hydrogen-bond acceptors (Lipinski definition) is 5. The van der Waals surface area contributed by atoms with Gasteiger partial charge in [0.2, 0.25) is 5.95 Å². The molecular formula is C13H14F2N4O. The van der Waals surface area contributed by atoms with Crippen molar-refractivity contribution in [3.05, 3.63) is 42.1 Å². The van der Waals surface area contributed by atoms with Crippen molar-refractivity contribution in [1.82, 2.24) is 9.97 Å². The third-order valence-electron chi connectivity index (χ3n) is 2.50. The predicted molar refractivity (Wildman–Crippen MR) is 71.8 cm³/mol. The predicted octanol–water partition coefficient (Wildman–Crippen LogP) is 2.29. The SMILES string of the molecule is C[C@@H](CO)Nc1ccnc(Nc2ccc(F)c(F)c2)n1. The van der Waals surface area contributed by atoms with E-state index in [1.54, 1.807) is 13.0 Å². The van der Waals surface area contributed by atoms with E-state index in [0.717, 1.165) is 12.1 Å². The van der Waals surface area contributed by atoms with Gasteiger partial charge in [-0.05, 0) is 25.1 Å². The fourth-order valence-corrected chi connectivity index (χ4v) is 1.50. The molecule has 0 unspecified atom stereocenters. The summed E-state index contributed by atoms with van der Waals surface area (Å²) in [5.74, 6) is -1.10. The second-order valence-corrected chi connectivity index (χ2v) is 4.25. The van der Waals surface area contributed by atoms with Crippen LogP contribution in [0.5, 0.6) is 0 Å². The maximum Gasteiger partial charge on any atom is 0.229 e. The Hall–Kier alpha value is -2.28. The third kappa shape index (κ3) is 3.61. The van der Waals surface area contributed by atoms with Crippen LogP contribution >= 0.6 is 0 Å². The summed E-state index contributed by atoms with van der Waals surface area (Å²) in [7, 11) is 0. The van der Waals surface area contributed by atoms with E-state index in [1.807, 2.05) is 0 Å². The second kappa shape index (κ2) is 6.25. The van der Waals surface area contributed by atoms with Gasteiger partial charge in [0.25, 0.3) is 0 Å². The van der Waals surface area contributed by atoms with Crippen molar-refractivity contribution in [2.24, 2.45) is 0 Å². The third-order valence-corrected chi connectivity index (χ3v) is 2.50. The molecule has 0 radical (unpaired) electrons. The van der Waals surface area contributed by atoms with Crippen LogP contribution in [0.15, 0.2) is 30.5 Å². The molecule has 7 heteroatoms. The molecule has 1 aromatic heterocycles. The first-order valence-corrected chi connectivity index (χ1v) is 6.01. The minimum Gasteiger partial charge on any atom is -0.394 e. The van der Waals surface area contributed by atoms with Gasteiger partial charge in [-0.1, -0.05) is 0 Å². The highest BCUT2D eigenvalue weighted by Gasteiger charge is 2.06. The number of aliphatic hydroxyl groups excluding tert-OH is 1. The van der Waals surface area contributed by atoms with Crippen molar-refractivity contribution in [2.75, 3.05) is 17.2 Å². The molecule has 0 amide bonds. The van der Waals surface area contributed by atoms with Crippen LogP contribution in [0.3, 0.4) is 0 Å². The summed E-state index contributed by atoms with van der Waals surface area (Å²) < 4.78 is 25.9. The van der Waals surface area contributed by atoms with Gasteiger partial charge in [0, 0.05) is 24.0 Å². The molecule has 0 saturated heterocycles. The maximum absolute atomic E-state index is 13.1. The zero-order valence-corrected chi connectivity index (χ0v) is 10.8. The first-order valence-electron chi connectivity index (χ1n) is 6.01. The molecule has 0 spiro atoms. The lowest BCUT2D eigenvalue weighted by Crippen LogP contribution is -2.20. The number of aromatic nitrogens is 2. The van der Waals surface area contributed by atoms with Crippen LogP contribution < -0.4 is 10.6 Å². The fraction of sp³-hybridized carbons (Fsp3) is 0.231. The summed E-state index contributed by atoms with van der Waals surface area (Å²) in [5.41, 5.74) is 0.344. The first kappa shape index (κ1) is 14.1. The van der Waals surface area contributed by atoms with Crippen molar-refractivity contribution in [2.45, 2.75) is 13.0 Å². The maximum atomic E-state index is 13.1. The Bertz CT molecular complexity index is 594. The number of nitrogens with zero attached hydrogens (tertiary/aromatic N) is 2. The number of anilines is 3. The van der Waals surface area contributed by atoms with E-state index in [1.165, 1.54) is 12.3 Å². The number of rotatable bonds is 5. The van der Waals surface area contributed by atoms with Crippen LogP contribution in [0.2, 0.25) is 0 Å². The Morgan fingerprint density at radius 1 is 1.25 bits per heavy atom. The lowest BCUT2D eigenvalue weighted by Gasteiger charge is -2.12. The molecule has 106 valence electrons. The summed E-state index contributed by atoms with van der Waals surface area (Å²) in [6, 6.07) is 4.92. The van der Waals surface area contributed by atoms with E-state index in [2.05, 4.69) is 20.6 Å². The molecule has 0 fully saturated rings. The number of halogens is 2. The Morgan fingerprint density at radius 3 is 2.75 bits per heavy atom. The van der Waals surface area contributed by atoms with Gasteiger partial charge < -0.3 is 15.7 Å². The minimum atomic E-state index is -0.946. The van der Waals surface area contributed by atoms with Gasteiger partial charge in [0.05, 0.1) is 6.61 Å². The molecule has 20 heavy (non-hydrogen) atoms. The minimum absolute atomic E-state index is 0.0318. The highest BCUT2D eigenvalue weighted by molar-refractivity contribution is 5.54. The molecule has 2 rings (SSSR count). The van der Waals surface area contributed by atoms with Crippen molar-refractivity contribution in [3.63, 3.8) is 0 Å². The molecule has 5 nitrogen and oxygen atoms in total. The summed E-state index contributed by atoms with van der Waals surface area (Å²) in [4.78, 5) is 8.13. The van der Waals surface area contributed by atoms with E-state index >= 15 is 0 Å². The quantitative estimate of drug-likeness (QED) is 0.784. The smallest absolute Gasteiger partial charge is 0.229 e. The van der Waals surface area contributed by atoms with E-state index in [9.17, 15) is 8.78 Å². The zero-order chi connectivity index (χ0) is 14.5. The van der Waals surface area contributed by atoms with Crippen molar-refractivity contribution in [3.8, 4) is 0 Å². The Kier molecular flexibility index (Phi) is 4.41. The Balaban J connectivity index is 2.12. The van der Waals surface area contributed by atoms with Crippen LogP contribution in [-0.2, 0) is 0 Å². The van der Waals surface area contributed by atoms with Crippen LogP contribution in [-0.4, -0.2) is 27.7 Å². The Labute approximate surface area is 114 Å². The topological polar surface area (TPSA) is 70.1 Å². The van der Waals surface area contributed by atoms with Gasteiger partial charge in [-0.3, -0.25) is 0 Å². The van der Waals surface area contributed by atoms with E-state index in [-0.39, 0.29) is 18.6 Å². The van der Waals surface area contributed by atoms with E-state index < -0.39 is 11.6 Å². The molecule has 3 N–H and O–H groups in total. The van der Waals surface area contributed by atoms with Gasteiger partial charge in [0.1, 0.15) is 5.82 Å². The number of aliphatic hydroxyl groups is 1. The van der Waals surface area contributed by atoms with Gasteiger partial charge >= 0.3 is 0 Å². The van der Waals surface area contributed by atoms with E-state index in [0.29, 0.717) is 11.5 Å². The average Bonchev–Trinajstić information content (AvgIpc) is 2.43. The average molecular weight is 280 g/mol. The molecule has 0 aliphatic rings. The van der Waals surface area contributed by atoms with Gasteiger partial charge in [-0.15, -0.1) is 0 Å². The van der Waals surface area contributed by atoms with Crippen LogP contribution in [0.4, 0.5) is 26.2 Å². The van der Waals surface area contributed by atoms with Crippen LogP contribution in [0.1, 0.15) is 6.92 Å². The molecule has 1 heterocycles. The molecule has 2 aromatic rings. The second-order valence-electron chi connectivity index (χ2n) is 4.25. The molecule has 1 atom stereocenters. The molecular weight excluding hydrogens is 266 g/mol. The summed E-state index contributed by atoms with van der Waals surface area (Å²) in [6.45, 7) is 1.76. The highest BCUT2D eigenvalue weighted by Crippen LogP contribution is 2.17. The summed E-state index contributed by atoms with van der Waals surface area (Å²) >= 11 is 0. The first-order chi connectivity index (χ1) is 9.58. The van der Waals surface area contributed by atoms with Gasteiger partial charge in [-0.2, -0.15) is 4.98 Å². The van der Waals surface area contributed by atoms with E-state index in [4.69, 9.17) is 5.11 Å². The van der Waals surface area contributed by atoms with Crippen molar-refractivity contribution < 1.29 is 13.9 Å². The van der Waals surface area contributed by atoms with Crippen LogP contribution in [0.25, 0.3) is 0 Å². The van der Waals surface area contributed by atoms with Gasteiger partial charge in [0.15, 0.2) is 11.6 Å². The molecule has 1 aromatic carbocycles. The fourth-order valence-electron chi connectivity index (χ4n) is 1.50. The standard InChI is InChI=1S/C13H14F2N4O/c1-8(7-20)17-12-4-5-16-13(19-12)18-9-2-3-10(14)11(15)6-9/h2-6,8,20H,7H2,1H3,(H2,16,17,18,19)/t8-/m0/s1. The number of nitrogens with one attached hydrogen (secondary N) is 2. The highest BCUT2D eigenvalue weighted by atomic mass is 19.2. The molecule has 0 aliphatic carbocycles. The lowest BCUT2D eigenvalue weighted by atomic mass is 10.3. The Morgan fingerprint density at radius 2 is 2.05 bits per heavy atom. The molecule has 0 saturated carbocycles. The van der Waals surface area contributed by atoms with Crippen LogP contribution in [0, 0.1) is 11.6 Å².